The minimum Gasteiger partial charge on any atom is -0.394 e. The lowest BCUT2D eigenvalue weighted by atomic mass is 9.64. The van der Waals surface area contributed by atoms with Gasteiger partial charge in [-0.1, -0.05) is 18.6 Å². The minimum atomic E-state index is 0.110. The van der Waals surface area contributed by atoms with Gasteiger partial charge in [0, 0.05) is 0 Å². The molecule has 3 aliphatic rings. The van der Waals surface area contributed by atoms with Crippen LogP contribution < -0.4 is 0 Å². The fourth-order valence-electron chi connectivity index (χ4n) is 4.44. The van der Waals surface area contributed by atoms with Crippen LogP contribution in [0.1, 0.15) is 39.5 Å². The number of fused-ring (bicyclic) bond motifs is 3. The van der Waals surface area contributed by atoms with Crippen LogP contribution in [0.25, 0.3) is 0 Å². The Kier molecular flexibility index (Phi) is 2.41. The molecule has 0 aromatic carbocycles. The Bertz CT molecular complexity index is 323. The molecule has 3 rings (SSSR count). The van der Waals surface area contributed by atoms with E-state index in [0.29, 0.717) is 17.4 Å². The van der Waals surface area contributed by atoms with E-state index in [1.54, 1.807) is 5.57 Å². The zero-order valence-electron chi connectivity index (χ0n) is 10.3. The Hall–Kier alpha value is -0.340. The van der Waals surface area contributed by atoms with Gasteiger partial charge in [-0.05, 0) is 49.9 Å². The molecule has 2 heteroatoms. The molecule has 0 amide bonds. The average Bonchev–Trinajstić information content (AvgIpc) is 2.77. The predicted molar refractivity (Wildman–Crippen MR) is 63.1 cm³/mol. The molecule has 0 bridgehead atoms. The molecule has 5 atom stereocenters. The average molecular weight is 222 g/mol. The Labute approximate surface area is 97.7 Å². The molecule has 0 aromatic heterocycles. The summed E-state index contributed by atoms with van der Waals surface area (Å²) in [5.41, 5.74) is 2.01. The lowest BCUT2D eigenvalue weighted by Gasteiger charge is -2.39. The summed E-state index contributed by atoms with van der Waals surface area (Å²) < 4.78 is 5.96. The van der Waals surface area contributed by atoms with Crippen molar-refractivity contribution in [2.75, 3.05) is 6.61 Å². The summed E-state index contributed by atoms with van der Waals surface area (Å²) in [5.74, 6) is 1.41. The largest absolute Gasteiger partial charge is 0.394 e. The van der Waals surface area contributed by atoms with Crippen molar-refractivity contribution in [3.05, 3.63) is 11.6 Å². The molecular formula is C14H22O2. The smallest absolute Gasteiger partial charge is 0.0813 e. The van der Waals surface area contributed by atoms with Gasteiger partial charge >= 0.3 is 0 Å². The molecular weight excluding hydrogens is 200 g/mol. The molecule has 0 unspecified atom stereocenters. The molecule has 2 fully saturated rings. The summed E-state index contributed by atoms with van der Waals surface area (Å²) in [4.78, 5) is 0. The van der Waals surface area contributed by atoms with Crippen LogP contribution in [-0.2, 0) is 4.74 Å². The van der Waals surface area contributed by atoms with E-state index in [0.717, 1.165) is 12.3 Å². The molecule has 1 saturated heterocycles. The molecule has 0 spiro atoms. The third kappa shape index (κ3) is 1.32. The number of hydrogen-bond donors (Lipinski definition) is 1. The van der Waals surface area contributed by atoms with Gasteiger partial charge in [-0.25, -0.2) is 0 Å². The van der Waals surface area contributed by atoms with Crippen molar-refractivity contribution in [3.63, 3.8) is 0 Å². The van der Waals surface area contributed by atoms with E-state index in [2.05, 4.69) is 19.9 Å². The van der Waals surface area contributed by atoms with Crippen molar-refractivity contribution in [2.24, 2.45) is 17.3 Å². The summed E-state index contributed by atoms with van der Waals surface area (Å²) >= 11 is 0. The summed E-state index contributed by atoms with van der Waals surface area (Å²) in [6, 6.07) is 0. The first-order valence-electron chi connectivity index (χ1n) is 6.58. The SMILES string of the molecule is CC1=CCC[C@@]2(C)[C@@H]3C[C@@H](CO)O[C@H]3C[C@@H]12. The maximum atomic E-state index is 9.22. The molecule has 2 nitrogen and oxygen atoms in total. The lowest BCUT2D eigenvalue weighted by Crippen LogP contribution is -2.32. The van der Waals surface area contributed by atoms with Crippen LogP contribution in [0.15, 0.2) is 11.6 Å². The van der Waals surface area contributed by atoms with Crippen LogP contribution in [0.3, 0.4) is 0 Å². The third-order valence-corrected chi connectivity index (χ3v) is 5.35. The normalized spacial score (nSPS) is 51.1. The standard InChI is InChI=1S/C14H22O2/c1-9-4-3-5-14(2)11(9)7-13-12(14)6-10(8-15)16-13/h4,10-13,15H,3,5-8H2,1-2H3/t10-,11-,12+,13-,14+/m0/s1. The fraction of sp³-hybridized carbons (Fsp3) is 0.857. The van der Waals surface area contributed by atoms with E-state index in [-0.39, 0.29) is 12.7 Å². The zero-order valence-corrected chi connectivity index (χ0v) is 10.3. The van der Waals surface area contributed by atoms with Crippen molar-refractivity contribution < 1.29 is 9.84 Å². The first-order chi connectivity index (χ1) is 7.65. The molecule has 1 N–H and O–H groups in total. The van der Waals surface area contributed by atoms with Crippen molar-refractivity contribution in [3.8, 4) is 0 Å². The second-order valence-electron chi connectivity index (χ2n) is 6.10. The topological polar surface area (TPSA) is 29.5 Å². The van der Waals surface area contributed by atoms with Gasteiger partial charge in [0.25, 0.3) is 0 Å². The summed E-state index contributed by atoms with van der Waals surface area (Å²) in [7, 11) is 0. The maximum Gasteiger partial charge on any atom is 0.0813 e. The first-order valence-corrected chi connectivity index (χ1v) is 6.58. The highest BCUT2D eigenvalue weighted by atomic mass is 16.5. The molecule has 0 aromatic rings. The second kappa shape index (κ2) is 3.58. The Morgan fingerprint density at radius 3 is 3.06 bits per heavy atom. The number of rotatable bonds is 1. The van der Waals surface area contributed by atoms with E-state index in [1.165, 1.54) is 19.3 Å². The fourth-order valence-corrected chi connectivity index (χ4v) is 4.44. The monoisotopic (exact) mass is 222 g/mol. The van der Waals surface area contributed by atoms with E-state index < -0.39 is 0 Å². The van der Waals surface area contributed by atoms with Gasteiger partial charge in [-0.2, -0.15) is 0 Å². The first kappa shape index (κ1) is 10.8. The molecule has 0 radical (unpaired) electrons. The number of aliphatic hydroxyl groups is 1. The molecule has 1 saturated carbocycles. The van der Waals surface area contributed by atoms with Crippen LogP contribution in [0.2, 0.25) is 0 Å². The van der Waals surface area contributed by atoms with Crippen molar-refractivity contribution in [1.82, 2.24) is 0 Å². The highest BCUT2D eigenvalue weighted by Crippen LogP contribution is 2.60. The van der Waals surface area contributed by atoms with Gasteiger partial charge in [-0.3, -0.25) is 0 Å². The van der Waals surface area contributed by atoms with E-state index in [1.807, 2.05) is 0 Å². The Morgan fingerprint density at radius 2 is 2.31 bits per heavy atom. The van der Waals surface area contributed by atoms with Crippen molar-refractivity contribution >= 4 is 0 Å². The quantitative estimate of drug-likeness (QED) is 0.691. The molecule has 1 aliphatic heterocycles. The maximum absolute atomic E-state index is 9.22. The molecule has 16 heavy (non-hydrogen) atoms. The molecule has 1 heterocycles. The number of aliphatic hydroxyl groups excluding tert-OH is 1. The van der Waals surface area contributed by atoms with Crippen LogP contribution in [0, 0.1) is 17.3 Å². The van der Waals surface area contributed by atoms with Crippen LogP contribution in [0.4, 0.5) is 0 Å². The lowest BCUT2D eigenvalue weighted by molar-refractivity contribution is 0.00722. The molecule has 90 valence electrons. The van der Waals surface area contributed by atoms with Crippen LogP contribution in [-0.4, -0.2) is 23.9 Å². The number of hydrogen-bond acceptors (Lipinski definition) is 2. The zero-order chi connectivity index (χ0) is 11.3. The van der Waals surface area contributed by atoms with Crippen LogP contribution >= 0.6 is 0 Å². The minimum absolute atomic E-state index is 0.110. The van der Waals surface area contributed by atoms with E-state index in [9.17, 15) is 5.11 Å². The third-order valence-electron chi connectivity index (χ3n) is 5.35. The summed E-state index contributed by atoms with van der Waals surface area (Å²) in [5, 5.41) is 9.22. The van der Waals surface area contributed by atoms with Gasteiger partial charge in [0.05, 0.1) is 18.8 Å². The van der Waals surface area contributed by atoms with Crippen LogP contribution in [0.5, 0.6) is 0 Å². The van der Waals surface area contributed by atoms with Gasteiger partial charge in [0.1, 0.15) is 0 Å². The highest BCUT2D eigenvalue weighted by molar-refractivity contribution is 5.20. The van der Waals surface area contributed by atoms with Crippen molar-refractivity contribution in [1.29, 1.82) is 0 Å². The summed E-state index contributed by atoms with van der Waals surface area (Å²) in [6.45, 7) is 4.93. The van der Waals surface area contributed by atoms with E-state index in [4.69, 9.17) is 4.74 Å². The second-order valence-corrected chi connectivity index (χ2v) is 6.10. The predicted octanol–water partition coefficient (Wildman–Crippen LogP) is 2.52. The number of ether oxygens (including phenoxy) is 1. The number of allylic oxidation sites excluding steroid dienone is 2. The van der Waals surface area contributed by atoms with Gasteiger partial charge < -0.3 is 9.84 Å². The van der Waals surface area contributed by atoms with E-state index >= 15 is 0 Å². The van der Waals surface area contributed by atoms with Crippen molar-refractivity contribution in [2.45, 2.75) is 51.7 Å². The Morgan fingerprint density at radius 1 is 1.50 bits per heavy atom. The molecule has 2 aliphatic carbocycles. The van der Waals surface area contributed by atoms with Gasteiger partial charge in [0.15, 0.2) is 0 Å². The highest BCUT2D eigenvalue weighted by Gasteiger charge is 2.56. The Balaban J connectivity index is 1.87. The van der Waals surface area contributed by atoms with Gasteiger partial charge in [0.2, 0.25) is 0 Å². The summed E-state index contributed by atoms with van der Waals surface area (Å²) in [6.07, 6.45) is 7.72. The van der Waals surface area contributed by atoms with Gasteiger partial charge in [-0.15, -0.1) is 0 Å².